The van der Waals surface area contributed by atoms with Gasteiger partial charge in [0, 0.05) is 7.05 Å². The molecule has 0 aromatic heterocycles. The fourth-order valence-corrected chi connectivity index (χ4v) is 0.639. The number of carbonyl (C=O) groups excluding carboxylic acids is 1. The summed E-state index contributed by atoms with van der Waals surface area (Å²) in [5, 5.41) is 1.41. The Morgan fingerprint density at radius 2 is 2.18 bits per heavy atom. The van der Waals surface area contributed by atoms with Crippen molar-refractivity contribution in [1.82, 2.24) is 10.4 Å². The van der Waals surface area contributed by atoms with Gasteiger partial charge in [0.2, 0.25) is 0 Å². The van der Waals surface area contributed by atoms with Gasteiger partial charge in [-0.15, -0.1) is 0 Å². The summed E-state index contributed by atoms with van der Waals surface area (Å²) in [6.45, 7) is 5.76. The van der Waals surface area contributed by atoms with Crippen LogP contribution in [0.5, 0.6) is 0 Å². The average Bonchev–Trinajstić information content (AvgIpc) is 2.04. The van der Waals surface area contributed by atoms with E-state index in [1.807, 2.05) is 13.8 Å². The van der Waals surface area contributed by atoms with E-state index in [1.54, 1.807) is 14.0 Å². The van der Waals surface area contributed by atoms with Gasteiger partial charge in [0.05, 0.1) is 0 Å². The summed E-state index contributed by atoms with van der Waals surface area (Å²) in [5.74, 6) is -0.00231. The SMILES string of the molecule is CC.CC1N=CNN(C)C1=O. The van der Waals surface area contributed by atoms with Crippen LogP contribution in [0.1, 0.15) is 20.8 Å². The summed E-state index contributed by atoms with van der Waals surface area (Å²) in [6.07, 6.45) is 1.52. The van der Waals surface area contributed by atoms with E-state index in [-0.39, 0.29) is 11.9 Å². The van der Waals surface area contributed by atoms with E-state index in [0.29, 0.717) is 0 Å². The van der Waals surface area contributed by atoms with E-state index in [0.717, 1.165) is 0 Å². The Kier molecular flexibility index (Phi) is 4.26. The minimum Gasteiger partial charge on any atom is -0.286 e. The van der Waals surface area contributed by atoms with Crippen LogP contribution in [0.4, 0.5) is 0 Å². The molecule has 0 bridgehead atoms. The number of aliphatic imine (C=N–C) groups is 1. The molecule has 0 radical (unpaired) electrons. The summed E-state index contributed by atoms with van der Waals surface area (Å²) in [7, 11) is 1.67. The maximum absolute atomic E-state index is 10.9. The second-order valence-electron chi connectivity index (χ2n) is 1.98. The maximum atomic E-state index is 10.9. The number of hydrogen-bond donors (Lipinski definition) is 1. The molecule has 1 rings (SSSR count). The predicted octanol–water partition coefficient (Wildman–Crippen LogP) is 0.406. The molecule has 1 atom stereocenters. The molecule has 0 fully saturated rings. The molecule has 0 saturated heterocycles. The van der Waals surface area contributed by atoms with Crippen LogP contribution in [0, 0.1) is 0 Å². The number of likely N-dealkylation sites (N-methyl/N-ethyl adjacent to an activating group) is 1. The van der Waals surface area contributed by atoms with Crippen LogP contribution in [0.25, 0.3) is 0 Å². The standard InChI is InChI=1S/C5H9N3O.C2H6/c1-4-5(9)8(2)7-3-6-4;1-2/h3-4H,1-2H3,(H,6,7);1-2H3. The van der Waals surface area contributed by atoms with Crippen LogP contribution in [0.15, 0.2) is 4.99 Å². The molecule has 1 amide bonds. The number of rotatable bonds is 0. The molecule has 0 aromatic carbocycles. The molecule has 1 aliphatic heterocycles. The normalized spacial score (nSPS) is 22.0. The molecule has 1 aliphatic rings. The average molecular weight is 157 g/mol. The van der Waals surface area contributed by atoms with Gasteiger partial charge in [-0.05, 0) is 6.92 Å². The summed E-state index contributed by atoms with van der Waals surface area (Å²) in [6, 6.07) is -0.226. The van der Waals surface area contributed by atoms with Crippen molar-refractivity contribution in [2.24, 2.45) is 4.99 Å². The number of nitrogens with zero attached hydrogens (tertiary/aromatic N) is 2. The smallest absolute Gasteiger partial charge is 0.265 e. The van der Waals surface area contributed by atoms with Crippen LogP contribution in [-0.4, -0.2) is 30.3 Å². The number of amides is 1. The number of hydrazine groups is 1. The van der Waals surface area contributed by atoms with Gasteiger partial charge in [0.25, 0.3) is 5.91 Å². The van der Waals surface area contributed by atoms with Crippen LogP contribution in [0.2, 0.25) is 0 Å². The van der Waals surface area contributed by atoms with Crippen LogP contribution < -0.4 is 5.43 Å². The van der Waals surface area contributed by atoms with Gasteiger partial charge >= 0.3 is 0 Å². The Morgan fingerprint density at radius 1 is 1.64 bits per heavy atom. The maximum Gasteiger partial charge on any atom is 0.265 e. The van der Waals surface area contributed by atoms with Crippen molar-refractivity contribution >= 4 is 12.2 Å². The van der Waals surface area contributed by atoms with Gasteiger partial charge in [0.15, 0.2) is 0 Å². The third kappa shape index (κ3) is 2.57. The molecule has 11 heavy (non-hydrogen) atoms. The lowest BCUT2D eigenvalue weighted by molar-refractivity contribution is -0.133. The van der Waals surface area contributed by atoms with Gasteiger partial charge in [0.1, 0.15) is 12.4 Å². The van der Waals surface area contributed by atoms with Crippen LogP contribution in [0.3, 0.4) is 0 Å². The third-order valence-electron chi connectivity index (χ3n) is 1.24. The highest BCUT2D eigenvalue weighted by Crippen LogP contribution is 1.95. The molecular formula is C7H15N3O. The first-order chi connectivity index (χ1) is 5.22. The van der Waals surface area contributed by atoms with Crippen molar-refractivity contribution in [2.45, 2.75) is 26.8 Å². The lowest BCUT2D eigenvalue weighted by Gasteiger charge is -2.22. The Bertz CT molecular complexity index is 156. The summed E-state index contributed by atoms with van der Waals surface area (Å²) in [4.78, 5) is 14.7. The molecule has 4 heteroatoms. The van der Waals surface area contributed by atoms with Crippen molar-refractivity contribution < 1.29 is 4.79 Å². The Labute approximate surface area is 67.3 Å². The molecule has 1 N–H and O–H groups in total. The number of carbonyl (C=O) groups is 1. The van der Waals surface area contributed by atoms with E-state index < -0.39 is 0 Å². The lowest BCUT2D eigenvalue weighted by Crippen LogP contribution is -2.46. The fourth-order valence-electron chi connectivity index (χ4n) is 0.639. The van der Waals surface area contributed by atoms with Gasteiger partial charge in [-0.2, -0.15) is 0 Å². The Morgan fingerprint density at radius 3 is 2.55 bits per heavy atom. The number of nitrogens with one attached hydrogen (secondary N) is 1. The Balaban J connectivity index is 0.000000461. The first-order valence-electron chi connectivity index (χ1n) is 3.77. The summed E-state index contributed by atoms with van der Waals surface area (Å²) in [5.41, 5.74) is 2.65. The minimum absolute atomic E-state index is 0.00231. The van der Waals surface area contributed by atoms with Crippen LogP contribution >= 0.6 is 0 Å². The largest absolute Gasteiger partial charge is 0.286 e. The van der Waals surface area contributed by atoms with Crippen LogP contribution in [-0.2, 0) is 4.79 Å². The second-order valence-corrected chi connectivity index (χ2v) is 1.98. The van der Waals surface area contributed by atoms with E-state index in [1.165, 1.54) is 11.3 Å². The zero-order valence-electron chi connectivity index (χ0n) is 7.46. The van der Waals surface area contributed by atoms with Gasteiger partial charge in [-0.25, -0.2) is 0 Å². The molecule has 0 aliphatic carbocycles. The van der Waals surface area contributed by atoms with E-state index in [9.17, 15) is 4.79 Å². The molecular weight excluding hydrogens is 142 g/mol. The molecule has 4 nitrogen and oxygen atoms in total. The molecule has 0 spiro atoms. The zero-order chi connectivity index (χ0) is 8.85. The molecule has 1 heterocycles. The summed E-state index contributed by atoms with van der Waals surface area (Å²) >= 11 is 0. The summed E-state index contributed by atoms with van der Waals surface area (Å²) < 4.78 is 0. The van der Waals surface area contributed by atoms with Gasteiger partial charge in [-0.1, -0.05) is 13.8 Å². The van der Waals surface area contributed by atoms with Crippen molar-refractivity contribution in [3.8, 4) is 0 Å². The number of hydrogen-bond acceptors (Lipinski definition) is 3. The van der Waals surface area contributed by atoms with Crippen molar-refractivity contribution in [2.75, 3.05) is 7.05 Å². The van der Waals surface area contributed by atoms with Crippen molar-refractivity contribution in [1.29, 1.82) is 0 Å². The monoisotopic (exact) mass is 157 g/mol. The van der Waals surface area contributed by atoms with Crippen molar-refractivity contribution in [3.05, 3.63) is 0 Å². The van der Waals surface area contributed by atoms with E-state index >= 15 is 0 Å². The first kappa shape index (κ1) is 9.94. The topological polar surface area (TPSA) is 44.7 Å². The molecule has 0 saturated carbocycles. The van der Waals surface area contributed by atoms with Gasteiger partial charge in [-0.3, -0.25) is 20.2 Å². The first-order valence-corrected chi connectivity index (χ1v) is 3.77. The highest BCUT2D eigenvalue weighted by molar-refractivity contribution is 5.85. The fraction of sp³-hybridized carbons (Fsp3) is 0.714. The minimum atomic E-state index is -0.226. The zero-order valence-corrected chi connectivity index (χ0v) is 7.46. The van der Waals surface area contributed by atoms with Gasteiger partial charge < -0.3 is 0 Å². The quantitative estimate of drug-likeness (QED) is 0.553. The predicted molar refractivity (Wildman–Crippen MR) is 45.2 cm³/mol. The molecule has 0 aromatic rings. The highest BCUT2D eigenvalue weighted by atomic mass is 16.2. The molecule has 1 unspecified atom stereocenters. The van der Waals surface area contributed by atoms with E-state index in [2.05, 4.69) is 10.4 Å². The lowest BCUT2D eigenvalue weighted by atomic mass is 10.3. The molecule has 64 valence electrons. The highest BCUT2D eigenvalue weighted by Gasteiger charge is 2.17. The third-order valence-corrected chi connectivity index (χ3v) is 1.24. The Hall–Kier alpha value is -1.06. The van der Waals surface area contributed by atoms with Crippen molar-refractivity contribution in [3.63, 3.8) is 0 Å². The second kappa shape index (κ2) is 4.71. The van der Waals surface area contributed by atoms with E-state index in [4.69, 9.17) is 0 Å².